The number of rotatable bonds is 4. The molecule has 4 nitrogen and oxygen atoms in total. The lowest BCUT2D eigenvalue weighted by atomic mass is 10.3. The summed E-state index contributed by atoms with van der Waals surface area (Å²) in [6, 6.07) is 1.99. The Morgan fingerprint density at radius 3 is 3.12 bits per heavy atom. The number of carbonyl (C=O) groups is 1. The van der Waals surface area contributed by atoms with Gasteiger partial charge in [-0.2, -0.15) is 0 Å². The molecule has 0 bridgehead atoms. The van der Waals surface area contributed by atoms with Crippen molar-refractivity contribution in [2.24, 2.45) is 7.05 Å². The van der Waals surface area contributed by atoms with Crippen LogP contribution < -0.4 is 0 Å². The van der Waals surface area contributed by atoms with Gasteiger partial charge in [-0.3, -0.25) is 4.79 Å². The summed E-state index contributed by atoms with van der Waals surface area (Å²) in [5.41, 5.74) is 1.96. The molecule has 0 spiro atoms. The van der Waals surface area contributed by atoms with Crippen molar-refractivity contribution in [1.82, 2.24) is 9.55 Å². The first-order valence-electron chi connectivity index (χ1n) is 4.57. The zero-order valence-corrected chi connectivity index (χ0v) is 10.2. The van der Waals surface area contributed by atoms with Gasteiger partial charge in [0.05, 0.1) is 11.4 Å². The summed E-state index contributed by atoms with van der Waals surface area (Å²) in [5.74, 6) is -0.761. The first-order chi connectivity index (χ1) is 7.65. The van der Waals surface area contributed by atoms with E-state index in [0.717, 1.165) is 15.6 Å². The van der Waals surface area contributed by atoms with Crippen molar-refractivity contribution < 1.29 is 9.90 Å². The van der Waals surface area contributed by atoms with Crippen molar-refractivity contribution >= 4 is 29.1 Å². The van der Waals surface area contributed by atoms with E-state index >= 15 is 0 Å². The second-order valence-corrected chi connectivity index (χ2v) is 5.33. The van der Waals surface area contributed by atoms with Gasteiger partial charge in [-0.25, -0.2) is 4.98 Å². The lowest BCUT2D eigenvalue weighted by Gasteiger charge is -1.91. The van der Waals surface area contributed by atoms with Crippen molar-refractivity contribution in [3.05, 3.63) is 23.8 Å². The molecule has 16 heavy (non-hydrogen) atoms. The van der Waals surface area contributed by atoms with Gasteiger partial charge in [0.15, 0.2) is 4.34 Å². The maximum Gasteiger partial charge on any atom is 0.313 e. The average molecular weight is 254 g/mol. The Morgan fingerprint density at radius 1 is 1.69 bits per heavy atom. The molecule has 0 unspecified atom stereocenters. The third-order valence-corrected chi connectivity index (χ3v) is 3.94. The predicted octanol–water partition coefficient (Wildman–Crippen LogP) is 2.33. The molecule has 1 N–H and O–H groups in total. The zero-order chi connectivity index (χ0) is 11.5. The minimum Gasteiger partial charge on any atom is -0.481 e. The van der Waals surface area contributed by atoms with Gasteiger partial charge in [-0.15, -0.1) is 11.3 Å². The van der Waals surface area contributed by atoms with Gasteiger partial charge in [0.25, 0.3) is 0 Å². The number of aromatic nitrogens is 2. The molecule has 2 aromatic heterocycles. The summed E-state index contributed by atoms with van der Waals surface area (Å²) < 4.78 is 2.75. The molecule has 0 atom stereocenters. The van der Waals surface area contributed by atoms with Crippen LogP contribution in [0.25, 0.3) is 11.3 Å². The monoisotopic (exact) mass is 254 g/mol. The number of nitrogens with zero attached hydrogens (tertiary/aromatic N) is 2. The molecule has 0 aliphatic heterocycles. The molecule has 6 heteroatoms. The fourth-order valence-corrected chi connectivity index (χ4v) is 2.79. The molecule has 0 fully saturated rings. The molecular formula is C10H10N2O2S2. The number of aliphatic carboxylic acids is 1. The Kier molecular flexibility index (Phi) is 3.31. The molecule has 0 radical (unpaired) electrons. The van der Waals surface area contributed by atoms with Gasteiger partial charge in [0.2, 0.25) is 0 Å². The Hall–Kier alpha value is -1.27. The summed E-state index contributed by atoms with van der Waals surface area (Å²) in [6.07, 6.45) is 3.94. The zero-order valence-electron chi connectivity index (χ0n) is 8.58. The standard InChI is InChI=1S/C10H10N2O2S2/c1-12-3-2-7(4-12)8-5-15-10(11-8)16-6-9(13)14/h2-5H,6H2,1H3,(H,13,14). The number of carboxylic acids is 1. The van der Waals surface area contributed by atoms with Gasteiger partial charge >= 0.3 is 5.97 Å². The Morgan fingerprint density at radius 2 is 2.50 bits per heavy atom. The molecule has 0 saturated carbocycles. The maximum absolute atomic E-state index is 10.4. The molecule has 0 aliphatic rings. The molecule has 2 rings (SSSR count). The van der Waals surface area contributed by atoms with Crippen molar-refractivity contribution in [3.63, 3.8) is 0 Å². The number of thiazole rings is 1. The number of aryl methyl sites for hydroxylation is 1. The molecule has 84 valence electrons. The molecule has 2 aromatic rings. The van der Waals surface area contributed by atoms with Crippen LogP contribution in [-0.4, -0.2) is 26.4 Å². The number of carboxylic acid groups (broad SMARTS) is 1. The highest BCUT2D eigenvalue weighted by Crippen LogP contribution is 2.28. The van der Waals surface area contributed by atoms with Gasteiger partial charge in [-0.1, -0.05) is 11.8 Å². The van der Waals surface area contributed by atoms with Crippen molar-refractivity contribution in [3.8, 4) is 11.3 Å². The summed E-state index contributed by atoms with van der Waals surface area (Å²) in [6.45, 7) is 0. The Bertz CT molecular complexity index is 504. The summed E-state index contributed by atoms with van der Waals surface area (Å²) in [5, 5.41) is 10.5. The molecule has 0 aliphatic carbocycles. The van der Waals surface area contributed by atoms with Crippen LogP contribution in [0.1, 0.15) is 0 Å². The van der Waals surface area contributed by atoms with E-state index in [-0.39, 0.29) is 5.75 Å². The number of hydrogen-bond donors (Lipinski definition) is 1. The first-order valence-corrected chi connectivity index (χ1v) is 6.44. The molecule has 0 saturated heterocycles. The van der Waals surface area contributed by atoms with E-state index in [1.165, 1.54) is 23.1 Å². The molecule has 0 aromatic carbocycles. The number of hydrogen-bond acceptors (Lipinski definition) is 4. The van der Waals surface area contributed by atoms with Gasteiger partial charge in [0.1, 0.15) is 0 Å². The fraction of sp³-hybridized carbons (Fsp3) is 0.200. The lowest BCUT2D eigenvalue weighted by molar-refractivity contribution is -0.133. The van der Waals surface area contributed by atoms with Crippen LogP contribution in [0.15, 0.2) is 28.2 Å². The smallest absolute Gasteiger partial charge is 0.313 e. The average Bonchev–Trinajstić information content (AvgIpc) is 2.83. The van der Waals surface area contributed by atoms with Crippen LogP contribution in [0.3, 0.4) is 0 Å². The second kappa shape index (κ2) is 4.71. The predicted molar refractivity (Wildman–Crippen MR) is 64.9 cm³/mol. The van der Waals surface area contributed by atoms with E-state index in [2.05, 4.69) is 4.98 Å². The SMILES string of the molecule is Cn1ccc(-c2csc(SCC(=O)O)n2)c1. The minimum absolute atomic E-state index is 0.0573. The van der Waals surface area contributed by atoms with Crippen LogP contribution >= 0.6 is 23.1 Å². The maximum atomic E-state index is 10.4. The van der Waals surface area contributed by atoms with E-state index in [9.17, 15) is 4.79 Å². The summed E-state index contributed by atoms with van der Waals surface area (Å²) in [4.78, 5) is 14.8. The van der Waals surface area contributed by atoms with Gasteiger partial charge in [-0.05, 0) is 6.07 Å². The van der Waals surface area contributed by atoms with Crippen LogP contribution in [0.4, 0.5) is 0 Å². The second-order valence-electron chi connectivity index (χ2n) is 3.25. The van der Waals surface area contributed by atoms with E-state index < -0.39 is 5.97 Å². The minimum atomic E-state index is -0.818. The van der Waals surface area contributed by atoms with E-state index in [0.29, 0.717) is 0 Å². The number of thioether (sulfide) groups is 1. The quantitative estimate of drug-likeness (QED) is 0.851. The van der Waals surface area contributed by atoms with Crippen LogP contribution in [0.5, 0.6) is 0 Å². The van der Waals surface area contributed by atoms with E-state index in [1.54, 1.807) is 0 Å². The van der Waals surface area contributed by atoms with Gasteiger partial charge < -0.3 is 9.67 Å². The third-order valence-electron chi connectivity index (χ3n) is 1.93. The molecule has 2 heterocycles. The molecule has 0 amide bonds. The Balaban J connectivity index is 2.10. The van der Waals surface area contributed by atoms with Crippen molar-refractivity contribution in [1.29, 1.82) is 0 Å². The van der Waals surface area contributed by atoms with Crippen molar-refractivity contribution in [2.45, 2.75) is 4.34 Å². The summed E-state index contributed by atoms with van der Waals surface area (Å²) >= 11 is 2.73. The van der Waals surface area contributed by atoms with Crippen molar-refractivity contribution in [2.75, 3.05) is 5.75 Å². The topological polar surface area (TPSA) is 55.1 Å². The normalized spacial score (nSPS) is 10.6. The lowest BCUT2D eigenvalue weighted by Crippen LogP contribution is -1.96. The highest BCUT2D eigenvalue weighted by molar-refractivity contribution is 8.01. The van der Waals surface area contributed by atoms with E-state index in [4.69, 9.17) is 5.11 Å². The Labute approximate surface area is 101 Å². The fourth-order valence-electron chi connectivity index (χ4n) is 1.23. The third kappa shape index (κ3) is 2.65. The summed E-state index contributed by atoms with van der Waals surface area (Å²) in [7, 11) is 1.95. The largest absolute Gasteiger partial charge is 0.481 e. The first kappa shape index (κ1) is 11.2. The van der Waals surface area contributed by atoms with E-state index in [1.807, 2.05) is 35.5 Å². The highest BCUT2D eigenvalue weighted by Gasteiger charge is 2.07. The van der Waals surface area contributed by atoms with Crippen LogP contribution in [0.2, 0.25) is 0 Å². The highest BCUT2D eigenvalue weighted by atomic mass is 32.2. The van der Waals surface area contributed by atoms with Crippen LogP contribution in [-0.2, 0) is 11.8 Å². The van der Waals surface area contributed by atoms with Crippen LogP contribution in [0, 0.1) is 0 Å². The van der Waals surface area contributed by atoms with Gasteiger partial charge in [0, 0.05) is 30.4 Å². The molecular weight excluding hydrogens is 244 g/mol.